The number of amides is 1. The molecule has 0 aliphatic carbocycles. The van der Waals surface area contributed by atoms with Crippen molar-refractivity contribution in [3.8, 4) is 16.9 Å². The molecule has 138 valence electrons. The van der Waals surface area contributed by atoms with E-state index in [4.69, 9.17) is 9.15 Å². The molecule has 4 heteroatoms. The molecule has 1 N–H and O–H groups in total. The minimum absolute atomic E-state index is 0.164. The third-order valence-electron chi connectivity index (χ3n) is 4.53. The summed E-state index contributed by atoms with van der Waals surface area (Å²) in [4.78, 5) is 12.1. The van der Waals surface area contributed by atoms with Crippen molar-refractivity contribution in [3.05, 3.63) is 72.5 Å². The predicted octanol–water partition coefficient (Wildman–Crippen LogP) is 5.12. The first kappa shape index (κ1) is 18.5. The maximum absolute atomic E-state index is 12.1. The second kappa shape index (κ2) is 7.96. The second-order valence-electron chi connectivity index (χ2n) is 6.34. The number of hydrogen-bond donors (Lipinski definition) is 1. The summed E-state index contributed by atoms with van der Waals surface area (Å²) in [6, 6.07) is 12.1. The summed E-state index contributed by atoms with van der Waals surface area (Å²) >= 11 is 0. The van der Waals surface area contributed by atoms with Gasteiger partial charge in [0.05, 0.1) is 13.4 Å². The summed E-state index contributed by atoms with van der Waals surface area (Å²) < 4.78 is 11.5. The zero-order valence-corrected chi connectivity index (χ0v) is 15.8. The number of furan rings is 1. The Bertz CT molecular complexity index is 1010. The average molecular weight is 361 g/mol. The van der Waals surface area contributed by atoms with Gasteiger partial charge in [-0.1, -0.05) is 36.4 Å². The Balaban J connectivity index is 2.16. The Morgan fingerprint density at radius 2 is 2.04 bits per heavy atom. The Labute approximate surface area is 159 Å². The molecule has 3 aromatic rings. The maximum atomic E-state index is 12.1. The van der Waals surface area contributed by atoms with Crippen LogP contribution < -0.4 is 10.1 Å². The topological polar surface area (TPSA) is 51.5 Å². The molecular formula is C23H23NO3. The highest BCUT2D eigenvalue weighted by atomic mass is 16.5. The molecule has 0 fully saturated rings. The molecule has 1 heterocycles. The largest absolute Gasteiger partial charge is 0.496 e. The molecule has 0 aliphatic heterocycles. The highest BCUT2D eigenvalue weighted by Gasteiger charge is 2.18. The van der Waals surface area contributed by atoms with Crippen LogP contribution in [0.1, 0.15) is 18.1 Å². The average Bonchev–Trinajstić information content (AvgIpc) is 3.11. The Morgan fingerprint density at radius 1 is 1.30 bits per heavy atom. The number of methoxy groups -OCH3 is 1. The molecule has 1 aromatic heterocycles. The van der Waals surface area contributed by atoms with E-state index >= 15 is 0 Å². The molecule has 2 aromatic carbocycles. The first-order chi connectivity index (χ1) is 13.1. The van der Waals surface area contributed by atoms with E-state index in [2.05, 4.69) is 24.0 Å². The van der Waals surface area contributed by atoms with E-state index in [0.717, 1.165) is 38.8 Å². The van der Waals surface area contributed by atoms with E-state index in [1.807, 2.05) is 38.1 Å². The predicted molar refractivity (Wildman–Crippen MR) is 110 cm³/mol. The van der Waals surface area contributed by atoms with Crippen LogP contribution in [-0.2, 0) is 4.79 Å². The van der Waals surface area contributed by atoms with Gasteiger partial charge in [-0.3, -0.25) is 4.79 Å². The number of rotatable bonds is 6. The first-order valence-corrected chi connectivity index (χ1v) is 8.78. The smallest absolute Gasteiger partial charge is 0.244 e. The molecule has 1 amide bonds. The zero-order valence-electron chi connectivity index (χ0n) is 15.8. The fourth-order valence-corrected chi connectivity index (χ4v) is 3.21. The van der Waals surface area contributed by atoms with Crippen LogP contribution in [0.5, 0.6) is 5.75 Å². The standard InChI is InChI=1S/C23H23NO3/c1-5-11-24-21(25)12-15(2)18-13-19-20(17-9-7-6-8-10-17)14-27-23(19)16(3)22(18)26-4/h5-10,12-14H,1,11H2,2-4H3,(H,24,25)/b15-12+. The molecule has 0 spiro atoms. The fraction of sp³-hybridized carbons (Fsp3) is 0.174. The quantitative estimate of drug-likeness (QED) is 0.489. The van der Waals surface area contributed by atoms with Gasteiger partial charge in [-0.15, -0.1) is 6.58 Å². The number of aryl methyl sites for hydroxylation is 1. The molecule has 0 saturated carbocycles. The van der Waals surface area contributed by atoms with E-state index in [1.54, 1.807) is 25.5 Å². The van der Waals surface area contributed by atoms with Gasteiger partial charge < -0.3 is 14.5 Å². The van der Waals surface area contributed by atoms with Crippen molar-refractivity contribution in [1.82, 2.24) is 5.32 Å². The van der Waals surface area contributed by atoms with Crippen LogP contribution in [0, 0.1) is 6.92 Å². The molecule has 0 bridgehead atoms. The van der Waals surface area contributed by atoms with Crippen LogP contribution in [-0.4, -0.2) is 19.6 Å². The Morgan fingerprint density at radius 3 is 2.70 bits per heavy atom. The highest BCUT2D eigenvalue weighted by Crippen LogP contribution is 2.40. The fourth-order valence-electron chi connectivity index (χ4n) is 3.21. The third-order valence-corrected chi connectivity index (χ3v) is 4.53. The Kier molecular flexibility index (Phi) is 5.46. The minimum atomic E-state index is -0.164. The second-order valence-corrected chi connectivity index (χ2v) is 6.34. The Hall–Kier alpha value is -3.27. The molecule has 27 heavy (non-hydrogen) atoms. The van der Waals surface area contributed by atoms with Gasteiger partial charge >= 0.3 is 0 Å². The van der Waals surface area contributed by atoms with Gasteiger partial charge in [-0.05, 0) is 31.1 Å². The SMILES string of the molecule is C=CCNC(=O)/C=C(\C)c1cc2c(-c3ccccc3)coc2c(C)c1OC. The van der Waals surface area contributed by atoms with Gasteiger partial charge in [0.15, 0.2) is 0 Å². The van der Waals surface area contributed by atoms with E-state index in [0.29, 0.717) is 12.3 Å². The lowest BCUT2D eigenvalue weighted by Gasteiger charge is -2.13. The van der Waals surface area contributed by atoms with Gasteiger partial charge in [0.1, 0.15) is 11.3 Å². The lowest BCUT2D eigenvalue weighted by molar-refractivity contribution is -0.116. The first-order valence-electron chi connectivity index (χ1n) is 8.78. The lowest BCUT2D eigenvalue weighted by Crippen LogP contribution is -2.20. The summed E-state index contributed by atoms with van der Waals surface area (Å²) in [5, 5.41) is 3.76. The minimum Gasteiger partial charge on any atom is -0.496 e. The molecule has 0 atom stereocenters. The van der Waals surface area contributed by atoms with Crippen molar-refractivity contribution in [2.24, 2.45) is 0 Å². The number of fused-ring (bicyclic) bond motifs is 1. The third kappa shape index (κ3) is 3.65. The molecule has 0 radical (unpaired) electrons. The molecule has 3 rings (SSSR count). The van der Waals surface area contributed by atoms with Gasteiger partial charge in [0.2, 0.25) is 5.91 Å². The van der Waals surface area contributed by atoms with Crippen molar-refractivity contribution in [2.45, 2.75) is 13.8 Å². The molecular weight excluding hydrogens is 338 g/mol. The van der Waals surface area contributed by atoms with Crippen LogP contribution >= 0.6 is 0 Å². The lowest BCUT2D eigenvalue weighted by atomic mass is 9.96. The molecule has 0 saturated heterocycles. The normalized spacial score (nSPS) is 11.4. The van der Waals surface area contributed by atoms with Gasteiger partial charge in [-0.25, -0.2) is 0 Å². The van der Waals surface area contributed by atoms with Crippen LogP contribution in [0.3, 0.4) is 0 Å². The van der Waals surface area contributed by atoms with Crippen LogP contribution in [0.2, 0.25) is 0 Å². The molecule has 4 nitrogen and oxygen atoms in total. The number of carbonyl (C=O) groups is 1. The summed E-state index contributed by atoms with van der Waals surface area (Å²) in [7, 11) is 1.63. The number of allylic oxidation sites excluding steroid dienone is 1. The van der Waals surface area contributed by atoms with Crippen molar-refractivity contribution in [2.75, 3.05) is 13.7 Å². The van der Waals surface area contributed by atoms with Crippen molar-refractivity contribution >= 4 is 22.4 Å². The van der Waals surface area contributed by atoms with E-state index in [1.165, 1.54) is 0 Å². The number of benzene rings is 2. The monoisotopic (exact) mass is 361 g/mol. The number of nitrogens with one attached hydrogen (secondary N) is 1. The summed E-state index contributed by atoms with van der Waals surface area (Å²) in [5.41, 5.74) is 5.48. The van der Waals surface area contributed by atoms with Crippen molar-refractivity contribution in [3.63, 3.8) is 0 Å². The van der Waals surface area contributed by atoms with Crippen molar-refractivity contribution in [1.29, 1.82) is 0 Å². The van der Waals surface area contributed by atoms with Gasteiger partial charge in [-0.2, -0.15) is 0 Å². The van der Waals surface area contributed by atoms with E-state index in [-0.39, 0.29) is 5.91 Å². The molecule has 0 aliphatic rings. The van der Waals surface area contributed by atoms with Crippen LogP contribution in [0.25, 0.3) is 27.7 Å². The number of hydrogen-bond acceptors (Lipinski definition) is 3. The van der Waals surface area contributed by atoms with Gasteiger partial charge in [0.25, 0.3) is 0 Å². The van der Waals surface area contributed by atoms with Crippen LogP contribution in [0.4, 0.5) is 0 Å². The maximum Gasteiger partial charge on any atom is 0.244 e. The summed E-state index contributed by atoms with van der Waals surface area (Å²) in [6.45, 7) is 7.91. The van der Waals surface area contributed by atoms with Crippen molar-refractivity contribution < 1.29 is 13.9 Å². The zero-order chi connectivity index (χ0) is 19.4. The highest BCUT2D eigenvalue weighted by molar-refractivity contribution is 6.01. The number of carbonyl (C=O) groups excluding carboxylic acids is 1. The summed E-state index contributed by atoms with van der Waals surface area (Å²) in [6.07, 6.45) is 5.00. The van der Waals surface area contributed by atoms with Gasteiger partial charge in [0, 0.05) is 34.7 Å². The van der Waals surface area contributed by atoms with E-state index in [9.17, 15) is 4.79 Å². The summed E-state index contributed by atoms with van der Waals surface area (Å²) in [5.74, 6) is 0.546. The van der Waals surface area contributed by atoms with E-state index < -0.39 is 0 Å². The number of ether oxygens (including phenoxy) is 1. The van der Waals surface area contributed by atoms with Crippen LogP contribution in [0.15, 0.2) is 65.8 Å². The molecule has 0 unspecified atom stereocenters.